The summed E-state index contributed by atoms with van der Waals surface area (Å²) in [7, 11) is 0. The number of nitrogens with zero attached hydrogens (tertiary/aromatic N) is 1. The molecular weight excluding hydrogens is 239 g/mol. The van der Waals surface area contributed by atoms with Gasteiger partial charge in [0.15, 0.2) is 0 Å². The van der Waals surface area contributed by atoms with Gasteiger partial charge in [0.25, 0.3) is 0 Å². The van der Waals surface area contributed by atoms with Gasteiger partial charge >= 0.3 is 0 Å². The molecular formula is C14H8F3N. The van der Waals surface area contributed by atoms with Crippen molar-refractivity contribution in [3.63, 3.8) is 0 Å². The first-order chi connectivity index (χ1) is 8.56. The Bertz CT molecular complexity index is 657. The van der Waals surface area contributed by atoms with Crippen LogP contribution in [0.15, 0.2) is 30.3 Å². The summed E-state index contributed by atoms with van der Waals surface area (Å²) >= 11 is 0. The Labute approximate surface area is 102 Å². The first kappa shape index (κ1) is 12.2. The Kier molecular flexibility index (Phi) is 3.07. The maximum Gasteiger partial charge on any atom is 0.141 e. The lowest BCUT2D eigenvalue weighted by Gasteiger charge is -2.09. The average molecular weight is 247 g/mol. The van der Waals surface area contributed by atoms with Crippen molar-refractivity contribution in [3.8, 4) is 17.2 Å². The first-order valence-electron chi connectivity index (χ1n) is 5.20. The topological polar surface area (TPSA) is 23.8 Å². The van der Waals surface area contributed by atoms with Gasteiger partial charge < -0.3 is 0 Å². The predicted octanol–water partition coefficient (Wildman–Crippen LogP) is 3.95. The van der Waals surface area contributed by atoms with Crippen molar-refractivity contribution < 1.29 is 13.2 Å². The van der Waals surface area contributed by atoms with E-state index in [1.807, 2.05) is 0 Å². The second-order valence-corrected chi connectivity index (χ2v) is 3.83. The third-order valence-electron chi connectivity index (χ3n) is 2.68. The highest BCUT2D eigenvalue weighted by Crippen LogP contribution is 2.31. The number of rotatable bonds is 1. The van der Waals surface area contributed by atoms with Gasteiger partial charge in [0, 0.05) is 5.56 Å². The van der Waals surface area contributed by atoms with Crippen LogP contribution in [0.5, 0.6) is 0 Å². The fourth-order valence-electron chi connectivity index (χ4n) is 1.75. The molecule has 0 aliphatic rings. The van der Waals surface area contributed by atoms with Crippen LogP contribution in [0.1, 0.15) is 11.1 Å². The van der Waals surface area contributed by atoms with Crippen molar-refractivity contribution in [1.29, 1.82) is 5.26 Å². The quantitative estimate of drug-likeness (QED) is 0.748. The van der Waals surface area contributed by atoms with Gasteiger partial charge in [-0.2, -0.15) is 5.26 Å². The Balaban J connectivity index is 2.83. The molecule has 2 rings (SSSR count). The summed E-state index contributed by atoms with van der Waals surface area (Å²) in [5, 5.41) is 8.88. The van der Waals surface area contributed by atoms with E-state index in [0.29, 0.717) is 0 Å². The molecule has 1 nitrogen and oxygen atoms in total. The van der Waals surface area contributed by atoms with E-state index < -0.39 is 17.5 Å². The predicted molar refractivity (Wildman–Crippen MR) is 61.2 cm³/mol. The molecule has 90 valence electrons. The number of halogens is 3. The zero-order valence-corrected chi connectivity index (χ0v) is 9.47. The summed E-state index contributed by atoms with van der Waals surface area (Å²) in [6, 6.07) is 7.73. The van der Waals surface area contributed by atoms with Gasteiger partial charge in [-0.1, -0.05) is 18.2 Å². The molecule has 0 aliphatic heterocycles. The van der Waals surface area contributed by atoms with Gasteiger partial charge in [0.1, 0.15) is 23.5 Å². The summed E-state index contributed by atoms with van der Waals surface area (Å²) < 4.78 is 41.0. The van der Waals surface area contributed by atoms with Crippen molar-refractivity contribution in [1.82, 2.24) is 0 Å². The third-order valence-corrected chi connectivity index (χ3v) is 2.68. The van der Waals surface area contributed by atoms with E-state index in [1.54, 1.807) is 6.07 Å². The molecule has 0 atom stereocenters. The Morgan fingerprint density at radius 2 is 1.72 bits per heavy atom. The summed E-state index contributed by atoms with van der Waals surface area (Å²) in [6.45, 7) is 1.48. The monoisotopic (exact) mass is 247 g/mol. The minimum absolute atomic E-state index is 0.0730. The van der Waals surface area contributed by atoms with Crippen molar-refractivity contribution in [2.45, 2.75) is 6.92 Å². The maximum atomic E-state index is 13.9. The number of hydrogen-bond donors (Lipinski definition) is 0. The highest BCUT2D eigenvalue weighted by molar-refractivity contribution is 5.72. The van der Waals surface area contributed by atoms with Crippen LogP contribution in [0.3, 0.4) is 0 Å². The van der Waals surface area contributed by atoms with Crippen molar-refractivity contribution in [2.24, 2.45) is 0 Å². The molecule has 0 N–H and O–H groups in total. The van der Waals surface area contributed by atoms with Crippen LogP contribution in [0.25, 0.3) is 11.1 Å². The van der Waals surface area contributed by atoms with E-state index in [0.717, 1.165) is 12.1 Å². The molecule has 0 aliphatic carbocycles. The Hall–Kier alpha value is -2.28. The minimum atomic E-state index is -0.819. The largest absolute Gasteiger partial charge is 0.206 e. The van der Waals surface area contributed by atoms with E-state index in [1.165, 1.54) is 25.1 Å². The van der Waals surface area contributed by atoms with Crippen LogP contribution in [-0.2, 0) is 0 Å². The molecule has 0 heterocycles. The van der Waals surface area contributed by atoms with E-state index in [-0.39, 0.29) is 22.3 Å². The zero-order chi connectivity index (χ0) is 13.3. The fraction of sp³-hybridized carbons (Fsp3) is 0.0714. The van der Waals surface area contributed by atoms with Crippen LogP contribution in [0, 0.1) is 35.7 Å². The molecule has 4 heteroatoms. The average Bonchev–Trinajstić information content (AvgIpc) is 2.35. The number of aryl methyl sites for hydroxylation is 1. The van der Waals surface area contributed by atoms with Gasteiger partial charge in [-0.15, -0.1) is 0 Å². The molecule has 0 radical (unpaired) electrons. The Morgan fingerprint density at radius 1 is 1.00 bits per heavy atom. The summed E-state index contributed by atoms with van der Waals surface area (Å²) in [5.41, 5.74) is -0.567. The molecule has 0 unspecified atom stereocenters. The van der Waals surface area contributed by atoms with Gasteiger partial charge in [-0.3, -0.25) is 0 Å². The van der Waals surface area contributed by atoms with E-state index in [9.17, 15) is 13.2 Å². The molecule has 0 saturated carbocycles. The summed E-state index contributed by atoms with van der Waals surface area (Å²) in [5.74, 6) is -2.40. The van der Waals surface area contributed by atoms with Gasteiger partial charge in [0.2, 0.25) is 0 Å². The first-order valence-corrected chi connectivity index (χ1v) is 5.20. The maximum absolute atomic E-state index is 13.9. The lowest BCUT2D eigenvalue weighted by molar-refractivity contribution is 0.582. The molecule has 0 bridgehead atoms. The van der Waals surface area contributed by atoms with Crippen molar-refractivity contribution in [3.05, 3.63) is 58.9 Å². The van der Waals surface area contributed by atoms with Crippen LogP contribution in [0.2, 0.25) is 0 Å². The molecule has 0 fully saturated rings. The van der Waals surface area contributed by atoms with Crippen LogP contribution >= 0.6 is 0 Å². The fourth-order valence-corrected chi connectivity index (χ4v) is 1.75. The smallest absolute Gasteiger partial charge is 0.141 e. The van der Waals surface area contributed by atoms with Gasteiger partial charge in [-0.05, 0) is 24.6 Å². The normalized spacial score (nSPS) is 10.2. The van der Waals surface area contributed by atoms with Crippen molar-refractivity contribution >= 4 is 0 Å². The standard InChI is InChI=1S/C14H8F3N/c1-8-5-6-12(16)13(14(8)17)9-3-2-4-11(15)10(9)7-18/h2-6H,1H3. The minimum Gasteiger partial charge on any atom is -0.206 e. The van der Waals surface area contributed by atoms with E-state index in [4.69, 9.17) is 5.26 Å². The van der Waals surface area contributed by atoms with Crippen LogP contribution in [-0.4, -0.2) is 0 Å². The molecule has 0 spiro atoms. The highest BCUT2D eigenvalue weighted by atomic mass is 19.1. The SMILES string of the molecule is Cc1ccc(F)c(-c2cccc(F)c2C#N)c1F. The Morgan fingerprint density at radius 3 is 2.39 bits per heavy atom. The third kappa shape index (κ3) is 1.84. The second kappa shape index (κ2) is 4.53. The summed E-state index contributed by atoms with van der Waals surface area (Å²) in [4.78, 5) is 0. The van der Waals surface area contributed by atoms with Crippen LogP contribution in [0.4, 0.5) is 13.2 Å². The highest BCUT2D eigenvalue weighted by Gasteiger charge is 2.18. The lowest BCUT2D eigenvalue weighted by Crippen LogP contribution is -1.97. The van der Waals surface area contributed by atoms with Crippen LogP contribution < -0.4 is 0 Å². The number of benzene rings is 2. The molecule has 0 amide bonds. The molecule has 2 aromatic rings. The molecule has 2 aromatic carbocycles. The molecule has 0 saturated heterocycles. The number of hydrogen-bond acceptors (Lipinski definition) is 1. The van der Waals surface area contributed by atoms with E-state index >= 15 is 0 Å². The van der Waals surface area contributed by atoms with Crippen molar-refractivity contribution in [2.75, 3.05) is 0 Å². The molecule has 0 aromatic heterocycles. The lowest BCUT2D eigenvalue weighted by atomic mass is 9.97. The second-order valence-electron chi connectivity index (χ2n) is 3.83. The van der Waals surface area contributed by atoms with Gasteiger partial charge in [0.05, 0.1) is 11.1 Å². The number of nitriles is 1. The van der Waals surface area contributed by atoms with E-state index in [2.05, 4.69) is 0 Å². The zero-order valence-electron chi connectivity index (χ0n) is 9.47. The molecule has 18 heavy (non-hydrogen) atoms. The summed E-state index contributed by atoms with van der Waals surface area (Å²) in [6.07, 6.45) is 0. The van der Waals surface area contributed by atoms with Gasteiger partial charge in [-0.25, -0.2) is 13.2 Å².